The van der Waals surface area contributed by atoms with Gasteiger partial charge in [0.1, 0.15) is 11.6 Å². The molecule has 106 valence electrons. The lowest BCUT2D eigenvalue weighted by atomic mass is 9.85. The van der Waals surface area contributed by atoms with Crippen molar-refractivity contribution in [2.24, 2.45) is 5.92 Å². The molecule has 0 amide bonds. The number of halogens is 2. The van der Waals surface area contributed by atoms with Crippen LogP contribution in [0.25, 0.3) is 0 Å². The van der Waals surface area contributed by atoms with Gasteiger partial charge in [0.25, 0.3) is 0 Å². The van der Waals surface area contributed by atoms with Crippen LogP contribution in [-0.4, -0.2) is 7.11 Å². The average molecular weight is 285 g/mol. The summed E-state index contributed by atoms with van der Waals surface area (Å²) in [6, 6.07) is 4.92. The largest absolute Gasteiger partial charge is 0.497 e. The van der Waals surface area contributed by atoms with Crippen molar-refractivity contribution in [2.75, 3.05) is 7.11 Å². The summed E-state index contributed by atoms with van der Waals surface area (Å²) in [5.41, 5.74) is 0.596. The predicted octanol–water partition coefficient (Wildman–Crippen LogP) is 5.47. The Labute approximate surface area is 120 Å². The smallest absolute Gasteiger partial charge is 0.131 e. The zero-order valence-corrected chi connectivity index (χ0v) is 12.3. The summed E-state index contributed by atoms with van der Waals surface area (Å²) < 4.78 is 18.9. The normalized spacial score (nSPS) is 18.3. The predicted molar refractivity (Wildman–Crippen MR) is 77.4 cm³/mol. The fourth-order valence-corrected chi connectivity index (χ4v) is 3.21. The van der Waals surface area contributed by atoms with Crippen LogP contribution in [0.15, 0.2) is 18.2 Å². The second-order valence-corrected chi connectivity index (χ2v) is 5.96. The van der Waals surface area contributed by atoms with E-state index in [1.165, 1.54) is 45.3 Å². The van der Waals surface area contributed by atoms with Crippen LogP contribution in [0.4, 0.5) is 4.39 Å². The number of methoxy groups -OCH3 is 1. The zero-order valence-electron chi connectivity index (χ0n) is 11.5. The Morgan fingerprint density at radius 3 is 2.68 bits per heavy atom. The van der Waals surface area contributed by atoms with E-state index in [0.29, 0.717) is 11.3 Å². The van der Waals surface area contributed by atoms with Crippen LogP contribution in [0.2, 0.25) is 0 Å². The minimum atomic E-state index is -0.261. The SMILES string of the molecule is COc1ccc(C(Cl)CCC2CCCCC2)c(F)c1. The number of alkyl halides is 1. The third-order valence-corrected chi connectivity index (χ3v) is 4.55. The molecule has 1 saturated carbocycles. The summed E-state index contributed by atoms with van der Waals surface area (Å²) in [5, 5.41) is -0.229. The second kappa shape index (κ2) is 7.14. The summed E-state index contributed by atoms with van der Waals surface area (Å²) in [7, 11) is 1.54. The highest BCUT2D eigenvalue weighted by Gasteiger charge is 2.18. The molecule has 1 fully saturated rings. The number of rotatable bonds is 5. The molecule has 1 aromatic carbocycles. The van der Waals surface area contributed by atoms with Crippen LogP contribution < -0.4 is 4.74 Å². The summed E-state index contributed by atoms with van der Waals surface area (Å²) in [4.78, 5) is 0. The van der Waals surface area contributed by atoms with Crippen molar-refractivity contribution < 1.29 is 9.13 Å². The van der Waals surface area contributed by atoms with Crippen LogP contribution >= 0.6 is 11.6 Å². The third-order valence-electron chi connectivity index (χ3n) is 4.10. The Morgan fingerprint density at radius 2 is 2.05 bits per heavy atom. The quantitative estimate of drug-likeness (QED) is 0.651. The van der Waals surface area contributed by atoms with E-state index in [0.717, 1.165) is 18.8 Å². The molecule has 1 nitrogen and oxygen atoms in total. The highest BCUT2D eigenvalue weighted by molar-refractivity contribution is 6.20. The Hall–Kier alpha value is -0.760. The fourth-order valence-electron chi connectivity index (χ4n) is 2.90. The summed E-state index contributed by atoms with van der Waals surface area (Å²) in [5.74, 6) is 1.07. The highest BCUT2D eigenvalue weighted by atomic mass is 35.5. The van der Waals surface area contributed by atoms with Crippen LogP contribution in [0, 0.1) is 11.7 Å². The third kappa shape index (κ3) is 4.10. The van der Waals surface area contributed by atoms with Gasteiger partial charge < -0.3 is 4.74 Å². The van der Waals surface area contributed by atoms with Gasteiger partial charge in [0.05, 0.1) is 12.5 Å². The van der Waals surface area contributed by atoms with E-state index in [9.17, 15) is 4.39 Å². The van der Waals surface area contributed by atoms with E-state index in [1.54, 1.807) is 12.1 Å². The van der Waals surface area contributed by atoms with Crippen molar-refractivity contribution in [1.29, 1.82) is 0 Å². The molecule has 0 aromatic heterocycles. The number of hydrogen-bond acceptors (Lipinski definition) is 1. The lowest BCUT2D eigenvalue weighted by molar-refractivity contribution is 0.330. The molecule has 0 heterocycles. The first kappa shape index (κ1) is 14.6. The van der Waals surface area contributed by atoms with Gasteiger partial charge in [0.15, 0.2) is 0 Å². The van der Waals surface area contributed by atoms with Crippen LogP contribution in [0.3, 0.4) is 0 Å². The van der Waals surface area contributed by atoms with E-state index in [2.05, 4.69) is 0 Å². The molecule has 0 saturated heterocycles. The molecule has 1 aliphatic carbocycles. The topological polar surface area (TPSA) is 9.23 Å². The Bertz CT molecular complexity index is 402. The van der Waals surface area contributed by atoms with Crippen molar-refractivity contribution in [3.63, 3.8) is 0 Å². The Morgan fingerprint density at radius 1 is 1.32 bits per heavy atom. The molecule has 0 radical (unpaired) electrons. The van der Waals surface area contributed by atoms with Crippen LogP contribution in [0.1, 0.15) is 55.9 Å². The first-order chi connectivity index (χ1) is 9.20. The second-order valence-electron chi connectivity index (χ2n) is 5.44. The van der Waals surface area contributed by atoms with Gasteiger partial charge in [0.2, 0.25) is 0 Å². The monoisotopic (exact) mass is 284 g/mol. The molecule has 0 aliphatic heterocycles. The number of hydrogen-bond donors (Lipinski definition) is 0. The maximum Gasteiger partial charge on any atom is 0.131 e. The molecule has 1 atom stereocenters. The molecule has 1 aliphatic rings. The fraction of sp³-hybridized carbons (Fsp3) is 0.625. The highest BCUT2D eigenvalue weighted by Crippen LogP contribution is 2.34. The van der Waals surface area contributed by atoms with E-state index >= 15 is 0 Å². The first-order valence-electron chi connectivity index (χ1n) is 7.18. The van der Waals surface area contributed by atoms with Crippen molar-refractivity contribution in [3.8, 4) is 5.75 Å². The van der Waals surface area contributed by atoms with Crippen molar-refractivity contribution in [2.45, 2.75) is 50.3 Å². The molecular weight excluding hydrogens is 263 g/mol. The molecule has 2 rings (SSSR count). The van der Waals surface area contributed by atoms with Crippen molar-refractivity contribution >= 4 is 11.6 Å². The Balaban J connectivity index is 1.89. The summed E-state index contributed by atoms with van der Waals surface area (Å²) in [6.45, 7) is 0. The van der Waals surface area contributed by atoms with Crippen LogP contribution in [0.5, 0.6) is 5.75 Å². The molecular formula is C16H22ClFO. The van der Waals surface area contributed by atoms with Gasteiger partial charge in [-0.2, -0.15) is 0 Å². The van der Waals surface area contributed by atoms with E-state index in [4.69, 9.17) is 16.3 Å². The maximum atomic E-state index is 13.9. The van der Waals surface area contributed by atoms with Gasteiger partial charge in [-0.25, -0.2) is 4.39 Å². The first-order valence-corrected chi connectivity index (χ1v) is 7.62. The lowest BCUT2D eigenvalue weighted by Crippen LogP contribution is -2.07. The summed E-state index contributed by atoms with van der Waals surface area (Å²) >= 11 is 6.35. The van der Waals surface area contributed by atoms with Crippen molar-refractivity contribution in [1.82, 2.24) is 0 Å². The minimum absolute atomic E-state index is 0.229. The molecule has 3 heteroatoms. The standard InChI is InChI=1S/C16H22ClFO/c1-19-13-8-9-14(16(18)11-13)15(17)10-7-12-5-3-2-4-6-12/h8-9,11-12,15H,2-7,10H2,1H3. The molecule has 1 aromatic rings. The van der Waals surface area contributed by atoms with Gasteiger partial charge >= 0.3 is 0 Å². The van der Waals surface area contributed by atoms with E-state index < -0.39 is 0 Å². The van der Waals surface area contributed by atoms with Gasteiger partial charge in [-0.15, -0.1) is 11.6 Å². The molecule has 19 heavy (non-hydrogen) atoms. The molecule has 0 N–H and O–H groups in total. The van der Waals surface area contributed by atoms with Gasteiger partial charge in [-0.1, -0.05) is 38.2 Å². The van der Waals surface area contributed by atoms with Crippen molar-refractivity contribution in [3.05, 3.63) is 29.6 Å². The average Bonchev–Trinajstić information content (AvgIpc) is 2.45. The minimum Gasteiger partial charge on any atom is -0.497 e. The number of benzene rings is 1. The lowest BCUT2D eigenvalue weighted by Gasteiger charge is -2.22. The molecule has 1 unspecified atom stereocenters. The van der Waals surface area contributed by atoms with E-state index in [1.807, 2.05) is 0 Å². The zero-order chi connectivity index (χ0) is 13.7. The number of ether oxygens (including phenoxy) is 1. The molecule has 0 bridgehead atoms. The van der Waals surface area contributed by atoms with Gasteiger partial charge in [0, 0.05) is 11.6 Å². The van der Waals surface area contributed by atoms with Gasteiger partial charge in [-0.3, -0.25) is 0 Å². The Kier molecular flexibility index (Phi) is 5.50. The van der Waals surface area contributed by atoms with E-state index in [-0.39, 0.29) is 11.2 Å². The summed E-state index contributed by atoms with van der Waals surface area (Å²) in [6.07, 6.45) is 8.65. The molecule has 0 spiro atoms. The van der Waals surface area contributed by atoms with Gasteiger partial charge in [-0.05, 0) is 24.8 Å². The maximum absolute atomic E-state index is 13.9. The van der Waals surface area contributed by atoms with Crippen LogP contribution in [-0.2, 0) is 0 Å².